The van der Waals surface area contributed by atoms with Gasteiger partial charge >= 0.3 is 0 Å². The van der Waals surface area contributed by atoms with Gasteiger partial charge in [0.2, 0.25) is 0 Å². The number of benzene rings is 2. The molecular weight excluding hydrogens is 522 g/mol. The van der Waals surface area contributed by atoms with Crippen molar-refractivity contribution in [2.75, 3.05) is 30.8 Å². The molecule has 2 aliphatic heterocycles. The van der Waals surface area contributed by atoms with Gasteiger partial charge in [-0.1, -0.05) is 12.1 Å². The topological polar surface area (TPSA) is 86.0 Å². The van der Waals surface area contributed by atoms with Gasteiger partial charge in [-0.3, -0.25) is 9.69 Å². The number of carbonyl (C=O) groups excluding carboxylic acids is 1. The number of nitrogens with one attached hydrogen (secondary N) is 1. The highest BCUT2D eigenvalue weighted by molar-refractivity contribution is 7.98. The third-order valence-corrected chi connectivity index (χ3v) is 7.96. The summed E-state index contributed by atoms with van der Waals surface area (Å²) >= 11 is 1.44. The number of anilines is 1. The van der Waals surface area contributed by atoms with Crippen LogP contribution >= 0.6 is 11.8 Å². The molecule has 0 bridgehead atoms. The minimum absolute atomic E-state index is 0.0163. The lowest BCUT2D eigenvalue weighted by molar-refractivity contribution is 0.0789. The lowest BCUT2D eigenvalue weighted by Gasteiger charge is -2.39. The van der Waals surface area contributed by atoms with Gasteiger partial charge in [-0.15, -0.1) is 16.9 Å². The van der Waals surface area contributed by atoms with E-state index in [-0.39, 0.29) is 42.5 Å². The van der Waals surface area contributed by atoms with Gasteiger partial charge in [0, 0.05) is 31.0 Å². The average Bonchev–Trinajstić information content (AvgIpc) is 3.50. The number of amides is 1. The second kappa shape index (κ2) is 10.5. The van der Waals surface area contributed by atoms with Crippen LogP contribution in [0.25, 0.3) is 5.65 Å². The van der Waals surface area contributed by atoms with Gasteiger partial charge in [0.1, 0.15) is 23.6 Å². The third-order valence-electron chi connectivity index (χ3n) is 7.25. The molecule has 0 spiro atoms. The Hall–Kier alpha value is -3.70. The fraction of sp³-hybridized carbons (Fsp3) is 0.321. The van der Waals surface area contributed by atoms with Crippen LogP contribution in [0, 0.1) is 5.82 Å². The summed E-state index contributed by atoms with van der Waals surface area (Å²) < 4.78 is 30.4. The van der Waals surface area contributed by atoms with Gasteiger partial charge in [-0.25, -0.2) is 18.3 Å². The molecule has 39 heavy (non-hydrogen) atoms. The Balaban J connectivity index is 1.17. The lowest BCUT2D eigenvalue weighted by atomic mass is 10.0. The first-order valence-corrected chi connectivity index (χ1v) is 14.0. The summed E-state index contributed by atoms with van der Waals surface area (Å²) in [7, 11) is 0. The Morgan fingerprint density at radius 3 is 2.79 bits per heavy atom. The Kier molecular flexibility index (Phi) is 6.86. The van der Waals surface area contributed by atoms with Crippen LogP contribution in [0.2, 0.25) is 0 Å². The van der Waals surface area contributed by atoms with E-state index in [0.717, 1.165) is 10.5 Å². The standard InChI is InChI=1S/C28H28F2N6O2S/c1-39-23-9-18(8-19(29)10-23)24-11-20(30)14-35(24)27-6-5-26-31-12-25(36(26)33-27)28(38)32-21-15-34(16-21)13-17-3-2-4-22(37)7-17/h2-10,12,20-21,24,37H,11,13-16H2,1H3,(H,32,38)/t20-,24?/m0/s1. The van der Waals surface area contributed by atoms with E-state index in [1.165, 1.54) is 34.6 Å². The lowest BCUT2D eigenvalue weighted by Crippen LogP contribution is -2.58. The highest BCUT2D eigenvalue weighted by Crippen LogP contribution is 2.38. The van der Waals surface area contributed by atoms with Gasteiger partial charge in [-0.05, 0) is 59.8 Å². The van der Waals surface area contributed by atoms with Crippen molar-refractivity contribution in [1.29, 1.82) is 0 Å². The number of imidazole rings is 1. The maximum absolute atomic E-state index is 14.6. The molecule has 2 aliphatic rings. The summed E-state index contributed by atoms with van der Waals surface area (Å²) in [4.78, 5) is 22.2. The van der Waals surface area contributed by atoms with Crippen LogP contribution < -0.4 is 10.2 Å². The quantitative estimate of drug-likeness (QED) is 0.334. The minimum atomic E-state index is -1.08. The Morgan fingerprint density at radius 2 is 2.00 bits per heavy atom. The number of rotatable bonds is 7. The van der Waals surface area contributed by atoms with Crippen LogP contribution in [0.15, 0.2) is 65.7 Å². The van der Waals surface area contributed by atoms with E-state index in [0.29, 0.717) is 42.4 Å². The molecule has 0 radical (unpaired) electrons. The number of likely N-dealkylation sites (tertiary alicyclic amines) is 1. The molecule has 6 rings (SSSR count). The van der Waals surface area contributed by atoms with Crippen LogP contribution in [0.5, 0.6) is 5.75 Å². The van der Waals surface area contributed by atoms with Gasteiger partial charge in [0.15, 0.2) is 11.3 Å². The van der Waals surface area contributed by atoms with Crippen molar-refractivity contribution >= 4 is 29.1 Å². The Labute approximate surface area is 228 Å². The first-order chi connectivity index (χ1) is 18.9. The van der Waals surface area contributed by atoms with Crippen molar-refractivity contribution in [3.63, 3.8) is 0 Å². The second-order valence-electron chi connectivity index (χ2n) is 10.1. The predicted octanol–water partition coefficient (Wildman–Crippen LogP) is 4.20. The number of halogens is 2. The molecule has 202 valence electrons. The molecule has 11 heteroatoms. The molecule has 4 heterocycles. The van der Waals surface area contributed by atoms with Crippen LogP contribution in [-0.2, 0) is 6.54 Å². The number of carbonyl (C=O) groups is 1. The molecule has 2 N–H and O–H groups in total. The number of aromatic nitrogens is 3. The van der Waals surface area contributed by atoms with E-state index in [2.05, 4.69) is 20.3 Å². The first-order valence-electron chi connectivity index (χ1n) is 12.8. The van der Waals surface area contributed by atoms with Gasteiger partial charge in [0.25, 0.3) is 5.91 Å². The Bertz CT molecular complexity index is 1530. The summed E-state index contributed by atoms with van der Waals surface area (Å²) in [6, 6.07) is 15.1. The largest absolute Gasteiger partial charge is 0.508 e. The summed E-state index contributed by atoms with van der Waals surface area (Å²) in [6.45, 7) is 2.20. The van der Waals surface area contributed by atoms with Crippen LogP contribution in [0.3, 0.4) is 0 Å². The zero-order valence-corrected chi connectivity index (χ0v) is 22.1. The highest BCUT2D eigenvalue weighted by atomic mass is 32.2. The van der Waals surface area contributed by atoms with E-state index < -0.39 is 6.17 Å². The van der Waals surface area contributed by atoms with E-state index in [4.69, 9.17) is 0 Å². The summed E-state index contributed by atoms with van der Waals surface area (Å²) in [5.41, 5.74) is 2.51. The maximum Gasteiger partial charge on any atom is 0.271 e. The van der Waals surface area contributed by atoms with Gasteiger partial charge in [-0.2, -0.15) is 0 Å². The molecule has 2 aromatic heterocycles. The SMILES string of the molecule is CSc1cc(F)cc(C2C[C@H](F)CN2c2ccc3ncc(C(=O)NC4CN(Cc5cccc(O)c5)C4)n3n2)c1. The number of aromatic hydroxyl groups is 1. The van der Waals surface area contributed by atoms with Crippen LogP contribution in [0.1, 0.15) is 34.1 Å². The van der Waals surface area contributed by atoms with Crippen molar-refractivity contribution < 1.29 is 18.7 Å². The molecule has 2 aromatic carbocycles. The first kappa shape index (κ1) is 25.6. The number of thioether (sulfide) groups is 1. The number of fused-ring (bicyclic) bond motifs is 1. The van der Waals surface area contributed by atoms with Gasteiger partial charge in [0.05, 0.1) is 24.8 Å². The monoisotopic (exact) mass is 550 g/mol. The normalized spacial score (nSPS) is 19.9. The van der Waals surface area contributed by atoms with Crippen molar-refractivity contribution in [3.8, 4) is 5.75 Å². The summed E-state index contributed by atoms with van der Waals surface area (Å²) in [5, 5.41) is 17.4. The van der Waals surface area contributed by atoms with E-state index in [1.807, 2.05) is 29.4 Å². The minimum Gasteiger partial charge on any atom is -0.508 e. The second-order valence-corrected chi connectivity index (χ2v) is 10.9. The average molecular weight is 551 g/mol. The highest BCUT2D eigenvalue weighted by Gasteiger charge is 2.35. The van der Waals surface area contributed by atoms with E-state index in [1.54, 1.807) is 24.3 Å². The maximum atomic E-state index is 14.6. The third kappa shape index (κ3) is 5.28. The summed E-state index contributed by atoms with van der Waals surface area (Å²) in [6.07, 6.45) is 2.51. The molecular formula is C28H28F2N6O2S. The molecule has 8 nitrogen and oxygen atoms in total. The fourth-order valence-electron chi connectivity index (χ4n) is 5.38. The number of phenols is 1. The molecule has 1 unspecified atom stereocenters. The molecule has 2 fully saturated rings. The number of alkyl halides is 1. The molecule has 2 saturated heterocycles. The molecule has 0 saturated carbocycles. The van der Waals surface area contributed by atoms with E-state index >= 15 is 0 Å². The van der Waals surface area contributed by atoms with Crippen LogP contribution in [0.4, 0.5) is 14.6 Å². The van der Waals surface area contributed by atoms with Crippen LogP contribution in [-0.4, -0.2) is 68.6 Å². The van der Waals surface area contributed by atoms with Crippen molar-refractivity contribution in [2.24, 2.45) is 0 Å². The Morgan fingerprint density at radius 1 is 1.15 bits per heavy atom. The predicted molar refractivity (Wildman–Crippen MR) is 145 cm³/mol. The molecule has 1 amide bonds. The number of hydrogen-bond acceptors (Lipinski definition) is 7. The fourth-order valence-corrected chi connectivity index (χ4v) is 5.87. The molecule has 2 atom stereocenters. The number of nitrogens with zero attached hydrogens (tertiary/aromatic N) is 5. The summed E-state index contributed by atoms with van der Waals surface area (Å²) in [5.74, 6) is 0.0914. The van der Waals surface area contributed by atoms with Gasteiger partial charge < -0.3 is 15.3 Å². The van der Waals surface area contributed by atoms with Crippen molar-refractivity contribution in [3.05, 3.63) is 83.4 Å². The molecule has 4 aromatic rings. The number of hydrogen-bond donors (Lipinski definition) is 2. The van der Waals surface area contributed by atoms with Crippen molar-refractivity contribution in [2.45, 2.75) is 36.1 Å². The smallest absolute Gasteiger partial charge is 0.271 e. The zero-order valence-electron chi connectivity index (χ0n) is 21.3. The number of phenolic OH excluding ortho intramolecular Hbond substituents is 1. The van der Waals surface area contributed by atoms with Crippen molar-refractivity contribution in [1.82, 2.24) is 24.8 Å². The molecule has 0 aliphatic carbocycles. The van der Waals surface area contributed by atoms with E-state index in [9.17, 15) is 18.7 Å². The zero-order chi connectivity index (χ0) is 27.1.